The molecule has 22 heavy (non-hydrogen) atoms. The number of rotatable bonds is 6. The Morgan fingerprint density at radius 3 is 2.45 bits per heavy atom. The smallest absolute Gasteiger partial charge is 0.316 e. The number of nitrogens with two attached hydrogens (primary N) is 2. The minimum Gasteiger partial charge on any atom is -0.494 e. The molecule has 0 aliphatic heterocycles. The maximum absolute atomic E-state index is 12.1. The molecule has 0 aliphatic carbocycles. The van der Waals surface area contributed by atoms with Crippen LogP contribution in [0.5, 0.6) is 5.75 Å². The van der Waals surface area contributed by atoms with E-state index in [0.717, 1.165) is 6.42 Å². The van der Waals surface area contributed by atoms with Gasteiger partial charge in [0.05, 0.1) is 18.3 Å². The summed E-state index contributed by atoms with van der Waals surface area (Å²) in [5.41, 5.74) is 11.0. The topological polar surface area (TPSA) is 119 Å². The van der Waals surface area contributed by atoms with Crippen molar-refractivity contribution in [2.45, 2.75) is 32.2 Å². The molecule has 1 rings (SSSR count). The first-order valence-corrected chi connectivity index (χ1v) is 6.65. The van der Waals surface area contributed by atoms with Gasteiger partial charge < -0.3 is 26.8 Å². The van der Waals surface area contributed by atoms with Crippen LogP contribution in [-0.4, -0.2) is 24.6 Å². The lowest BCUT2D eigenvalue weighted by atomic mass is 9.96. The number of ether oxygens (including phenoxy) is 1. The van der Waals surface area contributed by atoms with Crippen LogP contribution in [0.15, 0.2) is 18.2 Å². The number of carbonyl (C=O) groups is 2. The fraction of sp³-hybridized carbons (Fsp3) is 0.429. The van der Waals surface area contributed by atoms with E-state index in [0.29, 0.717) is 23.5 Å². The molecule has 1 unspecified atom stereocenters. The third-order valence-corrected chi connectivity index (χ3v) is 3.01. The Morgan fingerprint density at radius 2 is 1.95 bits per heavy atom. The second-order valence-electron chi connectivity index (χ2n) is 5.03. The molecule has 0 saturated heterocycles. The summed E-state index contributed by atoms with van der Waals surface area (Å²) in [6, 6.07) is 4.12. The van der Waals surface area contributed by atoms with Crippen LogP contribution >= 0.6 is 12.4 Å². The van der Waals surface area contributed by atoms with Gasteiger partial charge in [0.15, 0.2) is 0 Å². The van der Waals surface area contributed by atoms with Crippen LogP contribution in [0.4, 0.5) is 16.2 Å². The average molecular weight is 331 g/mol. The monoisotopic (exact) mass is 330 g/mol. The summed E-state index contributed by atoms with van der Waals surface area (Å²) in [6.07, 6.45) is 1.39. The molecular weight excluding hydrogens is 308 g/mol. The van der Waals surface area contributed by atoms with Crippen molar-refractivity contribution in [1.29, 1.82) is 0 Å². The van der Waals surface area contributed by atoms with E-state index in [9.17, 15) is 9.59 Å². The lowest BCUT2D eigenvalue weighted by Gasteiger charge is -2.23. The Labute approximate surface area is 136 Å². The average Bonchev–Trinajstić information content (AvgIpc) is 2.39. The highest BCUT2D eigenvalue weighted by Crippen LogP contribution is 2.28. The maximum atomic E-state index is 12.1. The molecule has 0 heterocycles. The summed E-state index contributed by atoms with van der Waals surface area (Å²) < 4.78 is 5.15. The van der Waals surface area contributed by atoms with E-state index >= 15 is 0 Å². The van der Waals surface area contributed by atoms with Crippen molar-refractivity contribution >= 4 is 35.7 Å². The highest BCUT2D eigenvalue weighted by Gasteiger charge is 2.27. The molecule has 0 bridgehead atoms. The van der Waals surface area contributed by atoms with E-state index in [2.05, 4.69) is 10.6 Å². The number of methoxy groups -OCH3 is 1. The first-order valence-electron chi connectivity index (χ1n) is 6.65. The van der Waals surface area contributed by atoms with E-state index in [1.807, 2.05) is 6.92 Å². The molecule has 1 atom stereocenters. The molecule has 124 valence electrons. The SMILES string of the molecule is CCCC(C)(N)C(=O)Nc1ccc(NC(N)=O)c(OC)c1.Cl. The molecule has 1 aromatic carbocycles. The number of anilines is 2. The largest absolute Gasteiger partial charge is 0.494 e. The summed E-state index contributed by atoms with van der Waals surface area (Å²) in [5, 5.41) is 5.17. The van der Waals surface area contributed by atoms with E-state index < -0.39 is 11.6 Å². The van der Waals surface area contributed by atoms with Crippen LogP contribution in [0.2, 0.25) is 0 Å². The molecule has 0 aromatic heterocycles. The molecule has 1 aromatic rings. The zero-order chi connectivity index (χ0) is 16.0. The fourth-order valence-corrected chi connectivity index (χ4v) is 1.91. The van der Waals surface area contributed by atoms with Gasteiger partial charge in [0, 0.05) is 11.8 Å². The molecule has 8 heteroatoms. The second kappa shape index (κ2) is 8.45. The van der Waals surface area contributed by atoms with Gasteiger partial charge in [-0.1, -0.05) is 13.3 Å². The van der Waals surface area contributed by atoms with Crippen molar-refractivity contribution in [3.63, 3.8) is 0 Å². The molecular formula is C14H23ClN4O3. The summed E-state index contributed by atoms with van der Waals surface area (Å²) >= 11 is 0. The van der Waals surface area contributed by atoms with E-state index in [1.54, 1.807) is 25.1 Å². The van der Waals surface area contributed by atoms with Crippen LogP contribution in [-0.2, 0) is 4.79 Å². The lowest BCUT2D eigenvalue weighted by molar-refractivity contribution is -0.120. The normalized spacial score (nSPS) is 12.5. The number of benzene rings is 1. The van der Waals surface area contributed by atoms with E-state index in [-0.39, 0.29) is 18.3 Å². The van der Waals surface area contributed by atoms with Crippen molar-refractivity contribution in [2.75, 3.05) is 17.7 Å². The third kappa shape index (κ3) is 5.42. The zero-order valence-corrected chi connectivity index (χ0v) is 13.8. The van der Waals surface area contributed by atoms with Crippen LogP contribution in [0, 0.1) is 0 Å². The van der Waals surface area contributed by atoms with E-state index in [1.165, 1.54) is 7.11 Å². The first kappa shape index (κ1) is 20.0. The zero-order valence-electron chi connectivity index (χ0n) is 12.9. The molecule has 0 spiro atoms. The highest BCUT2D eigenvalue weighted by atomic mass is 35.5. The first-order chi connectivity index (χ1) is 9.80. The van der Waals surface area contributed by atoms with Gasteiger partial charge in [0.2, 0.25) is 5.91 Å². The van der Waals surface area contributed by atoms with Crippen LogP contribution in [0.1, 0.15) is 26.7 Å². The summed E-state index contributed by atoms with van der Waals surface area (Å²) in [6.45, 7) is 3.65. The van der Waals surface area contributed by atoms with Gasteiger partial charge in [-0.25, -0.2) is 4.79 Å². The van der Waals surface area contributed by atoms with Crippen LogP contribution in [0.3, 0.4) is 0 Å². The van der Waals surface area contributed by atoms with Crippen molar-refractivity contribution in [3.05, 3.63) is 18.2 Å². The Balaban J connectivity index is 0.00000441. The molecule has 6 N–H and O–H groups in total. The number of urea groups is 1. The number of amides is 3. The molecule has 3 amide bonds. The van der Waals surface area contributed by atoms with Gasteiger partial charge in [-0.3, -0.25) is 4.79 Å². The fourth-order valence-electron chi connectivity index (χ4n) is 1.91. The molecule has 0 aliphatic rings. The van der Waals surface area contributed by atoms with Crippen LogP contribution < -0.4 is 26.8 Å². The predicted octanol–water partition coefficient (Wildman–Crippen LogP) is 2.06. The van der Waals surface area contributed by atoms with Gasteiger partial charge in [-0.2, -0.15) is 0 Å². The molecule has 0 saturated carbocycles. The lowest BCUT2D eigenvalue weighted by Crippen LogP contribution is -2.48. The highest BCUT2D eigenvalue weighted by molar-refractivity contribution is 5.98. The molecule has 0 fully saturated rings. The summed E-state index contributed by atoms with van der Waals surface area (Å²) in [7, 11) is 1.46. The summed E-state index contributed by atoms with van der Waals surface area (Å²) in [4.78, 5) is 23.0. The number of hydrogen-bond acceptors (Lipinski definition) is 4. The number of halogens is 1. The Bertz CT molecular complexity index is 535. The van der Waals surface area contributed by atoms with Gasteiger partial charge in [0.1, 0.15) is 5.75 Å². The number of primary amides is 1. The second-order valence-corrected chi connectivity index (χ2v) is 5.03. The van der Waals surface area contributed by atoms with Crippen molar-refractivity contribution in [2.24, 2.45) is 11.5 Å². The minimum atomic E-state index is -0.938. The molecule has 0 radical (unpaired) electrons. The van der Waals surface area contributed by atoms with Crippen molar-refractivity contribution < 1.29 is 14.3 Å². The predicted molar refractivity (Wildman–Crippen MR) is 89.6 cm³/mol. The maximum Gasteiger partial charge on any atom is 0.316 e. The van der Waals surface area contributed by atoms with Crippen molar-refractivity contribution in [3.8, 4) is 5.75 Å². The van der Waals surface area contributed by atoms with Gasteiger partial charge in [0.25, 0.3) is 0 Å². The van der Waals surface area contributed by atoms with Gasteiger partial charge >= 0.3 is 6.03 Å². The Hall–Kier alpha value is -1.99. The summed E-state index contributed by atoms with van der Waals surface area (Å²) in [5.74, 6) is 0.114. The minimum absolute atomic E-state index is 0. The van der Waals surface area contributed by atoms with E-state index in [4.69, 9.17) is 16.2 Å². The van der Waals surface area contributed by atoms with Crippen LogP contribution in [0.25, 0.3) is 0 Å². The van der Waals surface area contributed by atoms with Crippen molar-refractivity contribution in [1.82, 2.24) is 0 Å². The number of hydrogen-bond donors (Lipinski definition) is 4. The molecule has 7 nitrogen and oxygen atoms in total. The third-order valence-electron chi connectivity index (χ3n) is 3.01. The standard InChI is InChI=1S/C14H22N4O3.ClH/c1-4-7-14(2,16)12(19)17-9-5-6-10(18-13(15)20)11(8-9)21-3;/h5-6,8H,4,7,16H2,1-3H3,(H,17,19)(H3,15,18,20);1H. The Kier molecular flexibility index (Phi) is 7.69. The Morgan fingerprint density at radius 1 is 1.32 bits per heavy atom. The van der Waals surface area contributed by atoms with Gasteiger partial charge in [-0.05, 0) is 25.5 Å². The number of nitrogens with one attached hydrogen (secondary N) is 2. The number of carbonyl (C=O) groups excluding carboxylic acids is 2. The van der Waals surface area contributed by atoms with Gasteiger partial charge in [-0.15, -0.1) is 12.4 Å². The quantitative estimate of drug-likeness (QED) is 0.638.